The summed E-state index contributed by atoms with van der Waals surface area (Å²) in [6, 6.07) is 11.0. The average molecular weight is 313 g/mol. The number of amides is 1. The lowest BCUT2D eigenvalue weighted by Gasteiger charge is -2.32. The number of hydrogen-bond acceptors (Lipinski definition) is 4. The number of carbonyl (C=O) groups excluding carboxylic acids is 1. The fourth-order valence-electron chi connectivity index (χ4n) is 2.61. The molecule has 0 saturated carbocycles. The molecule has 6 nitrogen and oxygen atoms in total. The zero-order valence-electron chi connectivity index (χ0n) is 13.2. The molecule has 1 aliphatic heterocycles. The van der Waals surface area contributed by atoms with E-state index in [9.17, 15) is 9.59 Å². The third-order valence-corrected chi connectivity index (χ3v) is 3.87. The van der Waals surface area contributed by atoms with E-state index in [0.29, 0.717) is 18.9 Å². The number of aromatic nitrogens is 1. The van der Waals surface area contributed by atoms with Crippen molar-refractivity contribution in [3.63, 3.8) is 0 Å². The van der Waals surface area contributed by atoms with Gasteiger partial charge in [0.2, 0.25) is 5.43 Å². The number of nitrogens with one attached hydrogen (secondary N) is 1. The molecule has 23 heavy (non-hydrogen) atoms. The Balaban J connectivity index is 2.00. The first kappa shape index (κ1) is 15.1. The molecule has 0 spiro atoms. The van der Waals surface area contributed by atoms with Crippen LogP contribution in [0.1, 0.15) is 28.7 Å². The Morgan fingerprint density at radius 2 is 1.96 bits per heavy atom. The molecule has 1 N–H and O–H groups in total. The number of carbonyl (C=O) groups is 1. The summed E-state index contributed by atoms with van der Waals surface area (Å²) in [6.45, 7) is 4.89. The van der Waals surface area contributed by atoms with Gasteiger partial charge in [0.05, 0.1) is 0 Å². The highest BCUT2D eigenvalue weighted by molar-refractivity contribution is 5.96. The number of fused-ring (bicyclic) bond motifs is 1. The number of aryl methyl sites for hydroxylation is 1. The molecule has 1 aromatic heterocycles. The van der Waals surface area contributed by atoms with E-state index in [-0.39, 0.29) is 29.4 Å². The number of nitrogens with zero attached hydrogens (tertiary/aromatic N) is 2. The van der Waals surface area contributed by atoms with Gasteiger partial charge in [0, 0.05) is 18.3 Å². The number of ether oxygens (including phenoxy) is 1. The van der Waals surface area contributed by atoms with Crippen molar-refractivity contribution in [1.29, 1.82) is 0 Å². The largest absolute Gasteiger partial charge is 0.482 e. The number of rotatable bonds is 4. The van der Waals surface area contributed by atoms with E-state index in [1.54, 1.807) is 16.5 Å². The topological polar surface area (TPSA) is 63.6 Å². The Bertz CT molecular complexity index is 784. The maximum atomic E-state index is 12.6. The molecule has 0 radical (unpaired) electrons. The second kappa shape index (κ2) is 6.16. The second-order valence-corrected chi connectivity index (χ2v) is 5.41. The van der Waals surface area contributed by atoms with Gasteiger partial charge in [-0.05, 0) is 19.4 Å². The van der Waals surface area contributed by atoms with Gasteiger partial charge in [-0.25, -0.2) is 0 Å². The molecular weight excluding hydrogens is 294 g/mol. The Hall–Kier alpha value is -2.76. The molecule has 1 aromatic carbocycles. The summed E-state index contributed by atoms with van der Waals surface area (Å²) >= 11 is 0. The summed E-state index contributed by atoms with van der Waals surface area (Å²) in [5.74, 6) is -0.106. The van der Waals surface area contributed by atoms with Gasteiger partial charge in [-0.1, -0.05) is 30.3 Å². The van der Waals surface area contributed by atoms with Crippen LogP contribution in [0.3, 0.4) is 0 Å². The Kier molecular flexibility index (Phi) is 4.06. The van der Waals surface area contributed by atoms with Crippen molar-refractivity contribution < 1.29 is 9.53 Å². The van der Waals surface area contributed by atoms with Crippen LogP contribution in [0, 0.1) is 6.92 Å². The monoisotopic (exact) mass is 313 g/mol. The molecule has 3 rings (SSSR count). The van der Waals surface area contributed by atoms with Crippen LogP contribution >= 0.6 is 0 Å². The molecule has 0 saturated heterocycles. The van der Waals surface area contributed by atoms with Crippen molar-refractivity contribution >= 4 is 5.91 Å². The van der Waals surface area contributed by atoms with Gasteiger partial charge in [-0.2, -0.15) is 0 Å². The smallest absolute Gasteiger partial charge is 0.277 e. The Labute approximate surface area is 134 Å². The molecule has 0 unspecified atom stereocenters. The van der Waals surface area contributed by atoms with Gasteiger partial charge in [-0.15, -0.1) is 0 Å². The molecule has 120 valence electrons. The summed E-state index contributed by atoms with van der Waals surface area (Å²) in [4.78, 5) is 26.6. The van der Waals surface area contributed by atoms with E-state index in [1.165, 1.54) is 6.07 Å². The van der Waals surface area contributed by atoms with Crippen molar-refractivity contribution in [2.75, 3.05) is 18.6 Å². The fourth-order valence-corrected chi connectivity index (χ4v) is 2.61. The highest BCUT2D eigenvalue weighted by atomic mass is 16.5. The van der Waals surface area contributed by atoms with E-state index in [0.717, 1.165) is 5.56 Å². The van der Waals surface area contributed by atoms with Gasteiger partial charge < -0.3 is 15.1 Å². The molecule has 0 fully saturated rings. The lowest BCUT2D eigenvalue weighted by molar-refractivity contribution is 0.0728. The van der Waals surface area contributed by atoms with E-state index in [1.807, 2.05) is 37.3 Å². The van der Waals surface area contributed by atoms with Crippen LogP contribution in [-0.2, 0) is 6.61 Å². The summed E-state index contributed by atoms with van der Waals surface area (Å²) in [5.41, 5.74) is 4.74. The third kappa shape index (κ3) is 2.79. The number of benzene rings is 1. The molecule has 2 aromatic rings. The van der Waals surface area contributed by atoms with Crippen LogP contribution in [0.4, 0.5) is 0 Å². The minimum atomic E-state index is -0.280. The van der Waals surface area contributed by atoms with Crippen LogP contribution in [0.25, 0.3) is 0 Å². The molecule has 1 amide bonds. The zero-order chi connectivity index (χ0) is 16.4. The maximum absolute atomic E-state index is 12.6. The summed E-state index contributed by atoms with van der Waals surface area (Å²) in [7, 11) is 0. The summed E-state index contributed by atoms with van der Waals surface area (Å²) in [5, 5.41) is 0. The molecule has 0 aliphatic carbocycles. The number of pyridine rings is 1. The maximum Gasteiger partial charge on any atom is 0.277 e. The lowest BCUT2D eigenvalue weighted by Crippen LogP contribution is -2.47. The predicted molar refractivity (Wildman–Crippen MR) is 87.2 cm³/mol. The minimum Gasteiger partial charge on any atom is -0.482 e. The van der Waals surface area contributed by atoms with Gasteiger partial charge in [0.15, 0.2) is 11.4 Å². The van der Waals surface area contributed by atoms with Crippen molar-refractivity contribution in [1.82, 2.24) is 9.58 Å². The van der Waals surface area contributed by atoms with Gasteiger partial charge in [0.25, 0.3) is 5.91 Å². The van der Waals surface area contributed by atoms with Crippen LogP contribution in [0.15, 0.2) is 41.2 Å². The summed E-state index contributed by atoms with van der Waals surface area (Å²) in [6.07, 6.45) is 0. The molecule has 0 atom stereocenters. The normalized spacial score (nSPS) is 13.5. The Morgan fingerprint density at radius 1 is 1.22 bits per heavy atom. The molecule has 2 heterocycles. The quantitative estimate of drug-likeness (QED) is 0.933. The standard InChI is InChI=1S/C17H19N3O3/c1-3-19-11-18-20-12(2)9-14(21)16(15(20)17(19)22)23-10-13-7-5-4-6-8-13/h4-9,18H,3,10-11H2,1-2H3. The lowest BCUT2D eigenvalue weighted by atomic mass is 10.2. The fraction of sp³-hybridized carbons (Fsp3) is 0.294. The first-order valence-corrected chi connectivity index (χ1v) is 7.58. The molecular formula is C17H19N3O3. The Morgan fingerprint density at radius 3 is 2.65 bits per heavy atom. The van der Waals surface area contributed by atoms with Crippen LogP contribution in [0.5, 0.6) is 5.75 Å². The average Bonchev–Trinajstić information content (AvgIpc) is 2.56. The molecule has 0 bridgehead atoms. The number of hydrogen-bond donors (Lipinski definition) is 1. The predicted octanol–water partition coefficient (Wildman–Crippen LogP) is 1.71. The van der Waals surface area contributed by atoms with Crippen LogP contribution in [-0.4, -0.2) is 28.7 Å². The summed E-state index contributed by atoms with van der Waals surface area (Å²) < 4.78 is 7.35. The van der Waals surface area contributed by atoms with Crippen LogP contribution in [0.2, 0.25) is 0 Å². The van der Waals surface area contributed by atoms with Crippen molar-refractivity contribution in [3.8, 4) is 5.75 Å². The first-order valence-electron chi connectivity index (χ1n) is 7.58. The van der Waals surface area contributed by atoms with Gasteiger partial charge >= 0.3 is 0 Å². The first-order chi connectivity index (χ1) is 11.1. The van der Waals surface area contributed by atoms with Gasteiger partial charge in [-0.3, -0.25) is 14.3 Å². The molecule has 1 aliphatic rings. The second-order valence-electron chi connectivity index (χ2n) is 5.41. The minimum absolute atomic E-state index is 0.0927. The van der Waals surface area contributed by atoms with Crippen LogP contribution < -0.4 is 15.6 Å². The SMILES string of the molecule is CCN1CNn2c(C)cc(=O)c(OCc3ccccc3)c2C1=O. The van der Waals surface area contributed by atoms with E-state index >= 15 is 0 Å². The highest BCUT2D eigenvalue weighted by Gasteiger charge is 2.29. The van der Waals surface area contributed by atoms with Crippen molar-refractivity contribution in [3.05, 3.63) is 63.6 Å². The zero-order valence-corrected chi connectivity index (χ0v) is 13.2. The van der Waals surface area contributed by atoms with E-state index in [4.69, 9.17) is 4.74 Å². The van der Waals surface area contributed by atoms with Crippen molar-refractivity contribution in [2.45, 2.75) is 20.5 Å². The third-order valence-electron chi connectivity index (χ3n) is 3.87. The molecule has 6 heteroatoms. The van der Waals surface area contributed by atoms with E-state index in [2.05, 4.69) is 5.43 Å². The van der Waals surface area contributed by atoms with Gasteiger partial charge in [0.1, 0.15) is 13.3 Å². The highest BCUT2D eigenvalue weighted by Crippen LogP contribution is 2.21. The van der Waals surface area contributed by atoms with Crippen molar-refractivity contribution in [2.24, 2.45) is 0 Å². The van der Waals surface area contributed by atoms with E-state index < -0.39 is 0 Å².